The minimum absolute atomic E-state index is 0.226. The molecule has 6 nitrogen and oxygen atoms in total. The Hall–Kier alpha value is -2.80. The van der Waals surface area contributed by atoms with Crippen molar-refractivity contribution in [2.75, 3.05) is 6.61 Å². The number of halogens is 2. The van der Waals surface area contributed by atoms with Crippen molar-refractivity contribution in [2.45, 2.75) is 19.5 Å². The summed E-state index contributed by atoms with van der Waals surface area (Å²) in [5, 5.41) is 6.10. The van der Waals surface area contributed by atoms with E-state index in [1.165, 1.54) is 12.1 Å². The number of fused-ring (bicyclic) bond motifs is 1. The fraction of sp³-hybridized carbons (Fsp3) is 0.222. The van der Waals surface area contributed by atoms with E-state index in [0.717, 1.165) is 5.65 Å². The Bertz CT molecular complexity index is 915. The quantitative estimate of drug-likeness (QED) is 0.693. The largest absolute Gasteiger partial charge is 0.491 e. The summed E-state index contributed by atoms with van der Waals surface area (Å²) in [6, 6.07) is 8.83. The monoisotopic (exact) mass is 376 g/mol. The standard InChI is InChI=1S/C18H18ClFN4O2/c1-12(11-26-16-4-2-3-14(20)7-16)22-18(25)21-8-15-10-24-9-13(19)5-6-17(24)23-15/h2-7,9-10,12H,8,11H2,1H3,(H2,21,22,25). The average molecular weight is 377 g/mol. The molecule has 2 heterocycles. The van der Waals surface area contributed by atoms with Gasteiger partial charge in [0, 0.05) is 18.5 Å². The smallest absolute Gasteiger partial charge is 0.315 e. The lowest BCUT2D eigenvalue weighted by Crippen LogP contribution is -2.43. The van der Waals surface area contributed by atoms with Gasteiger partial charge in [0.25, 0.3) is 0 Å². The Balaban J connectivity index is 1.45. The van der Waals surface area contributed by atoms with Crippen LogP contribution in [0.3, 0.4) is 0 Å². The van der Waals surface area contributed by atoms with Crippen LogP contribution < -0.4 is 15.4 Å². The molecule has 0 radical (unpaired) electrons. The van der Waals surface area contributed by atoms with E-state index >= 15 is 0 Å². The number of carbonyl (C=O) groups excluding carboxylic acids is 1. The maximum absolute atomic E-state index is 13.1. The molecule has 0 fully saturated rings. The fourth-order valence-electron chi connectivity index (χ4n) is 2.37. The van der Waals surface area contributed by atoms with Gasteiger partial charge < -0.3 is 19.8 Å². The van der Waals surface area contributed by atoms with Gasteiger partial charge in [-0.2, -0.15) is 0 Å². The average Bonchev–Trinajstić information content (AvgIpc) is 3.00. The Morgan fingerprint density at radius 1 is 1.35 bits per heavy atom. The fourth-order valence-corrected chi connectivity index (χ4v) is 2.54. The van der Waals surface area contributed by atoms with Gasteiger partial charge in [0.1, 0.15) is 23.8 Å². The van der Waals surface area contributed by atoms with Gasteiger partial charge in [-0.15, -0.1) is 0 Å². The van der Waals surface area contributed by atoms with Crippen LogP contribution >= 0.6 is 11.6 Å². The Labute approximate surface area is 154 Å². The number of benzene rings is 1. The minimum Gasteiger partial charge on any atom is -0.491 e. The van der Waals surface area contributed by atoms with E-state index < -0.39 is 0 Å². The third kappa shape index (κ3) is 4.86. The second kappa shape index (κ2) is 8.05. The number of ether oxygens (including phenoxy) is 1. The van der Waals surface area contributed by atoms with Crippen LogP contribution in [0.2, 0.25) is 5.02 Å². The lowest BCUT2D eigenvalue weighted by Gasteiger charge is -2.15. The zero-order chi connectivity index (χ0) is 18.5. The van der Waals surface area contributed by atoms with E-state index in [1.807, 2.05) is 0 Å². The maximum atomic E-state index is 13.1. The summed E-state index contributed by atoms with van der Waals surface area (Å²) in [6.07, 6.45) is 3.55. The zero-order valence-corrected chi connectivity index (χ0v) is 14.8. The minimum atomic E-state index is -0.366. The van der Waals surface area contributed by atoms with Crippen LogP contribution in [0.25, 0.3) is 5.65 Å². The molecule has 136 valence electrons. The van der Waals surface area contributed by atoms with E-state index in [0.29, 0.717) is 16.5 Å². The first kappa shape index (κ1) is 18.0. The molecule has 3 aromatic rings. The summed E-state index contributed by atoms with van der Waals surface area (Å²) in [7, 11) is 0. The summed E-state index contributed by atoms with van der Waals surface area (Å²) in [6.45, 7) is 2.30. The molecule has 2 amide bonds. The molecular formula is C18H18ClFN4O2. The zero-order valence-electron chi connectivity index (χ0n) is 14.1. The van der Waals surface area contributed by atoms with Crippen molar-refractivity contribution in [3.05, 3.63) is 65.3 Å². The van der Waals surface area contributed by atoms with Crippen LogP contribution in [-0.2, 0) is 6.54 Å². The molecule has 2 aromatic heterocycles. The van der Waals surface area contributed by atoms with E-state index in [2.05, 4.69) is 15.6 Å². The topological polar surface area (TPSA) is 67.7 Å². The number of nitrogens with zero attached hydrogens (tertiary/aromatic N) is 2. The molecule has 3 rings (SSSR count). The third-order valence-corrected chi connectivity index (χ3v) is 3.79. The third-order valence-electron chi connectivity index (χ3n) is 3.57. The highest BCUT2D eigenvalue weighted by Gasteiger charge is 2.09. The lowest BCUT2D eigenvalue weighted by atomic mass is 10.3. The molecule has 0 aliphatic carbocycles. The molecule has 8 heteroatoms. The van der Waals surface area contributed by atoms with Gasteiger partial charge in [0.2, 0.25) is 0 Å². The number of aromatic nitrogens is 2. The summed E-state index contributed by atoms with van der Waals surface area (Å²) in [4.78, 5) is 16.4. The Morgan fingerprint density at radius 3 is 3.00 bits per heavy atom. The van der Waals surface area contributed by atoms with Gasteiger partial charge in [0.15, 0.2) is 0 Å². The van der Waals surface area contributed by atoms with Gasteiger partial charge in [-0.1, -0.05) is 17.7 Å². The number of urea groups is 1. The molecule has 26 heavy (non-hydrogen) atoms. The first-order valence-corrected chi connectivity index (χ1v) is 8.43. The van der Waals surface area contributed by atoms with Crippen molar-refractivity contribution < 1.29 is 13.9 Å². The molecule has 0 bridgehead atoms. The van der Waals surface area contributed by atoms with Gasteiger partial charge in [0.05, 0.1) is 23.3 Å². The SMILES string of the molecule is CC(COc1cccc(F)c1)NC(=O)NCc1cn2cc(Cl)ccc2n1. The van der Waals surface area contributed by atoms with E-state index in [9.17, 15) is 9.18 Å². The second-order valence-electron chi connectivity index (χ2n) is 5.84. The van der Waals surface area contributed by atoms with Crippen molar-refractivity contribution in [2.24, 2.45) is 0 Å². The Morgan fingerprint density at radius 2 is 2.19 bits per heavy atom. The second-order valence-corrected chi connectivity index (χ2v) is 6.28. The highest BCUT2D eigenvalue weighted by atomic mass is 35.5. The lowest BCUT2D eigenvalue weighted by molar-refractivity contribution is 0.226. The summed E-state index contributed by atoms with van der Waals surface area (Å²) < 4.78 is 20.3. The molecule has 0 spiro atoms. The van der Waals surface area contributed by atoms with Gasteiger partial charge in [-0.25, -0.2) is 14.2 Å². The summed E-state index contributed by atoms with van der Waals surface area (Å²) in [5.41, 5.74) is 1.47. The maximum Gasteiger partial charge on any atom is 0.315 e. The highest BCUT2D eigenvalue weighted by molar-refractivity contribution is 6.30. The van der Waals surface area contributed by atoms with Crippen molar-refractivity contribution >= 4 is 23.3 Å². The predicted octanol–water partition coefficient (Wildman–Crippen LogP) is 3.39. The van der Waals surface area contributed by atoms with Crippen LogP contribution in [0.4, 0.5) is 9.18 Å². The molecule has 0 aliphatic rings. The number of hydrogen-bond donors (Lipinski definition) is 2. The number of nitrogens with one attached hydrogen (secondary N) is 2. The van der Waals surface area contributed by atoms with E-state index in [4.69, 9.17) is 16.3 Å². The number of carbonyl (C=O) groups is 1. The van der Waals surface area contributed by atoms with E-state index in [1.54, 1.807) is 48.0 Å². The van der Waals surface area contributed by atoms with Crippen LogP contribution in [0.1, 0.15) is 12.6 Å². The van der Waals surface area contributed by atoms with Gasteiger partial charge in [-0.3, -0.25) is 0 Å². The molecule has 2 N–H and O–H groups in total. The van der Waals surface area contributed by atoms with E-state index in [-0.39, 0.29) is 31.0 Å². The number of amides is 2. The molecule has 0 aliphatic heterocycles. The number of pyridine rings is 1. The highest BCUT2D eigenvalue weighted by Crippen LogP contribution is 2.12. The number of imidazole rings is 1. The van der Waals surface area contributed by atoms with Crippen molar-refractivity contribution in [1.29, 1.82) is 0 Å². The molecular weight excluding hydrogens is 359 g/mol. The normalized spacial score (nSPS) is 12.0. The molecule has 1 unspecified atom stereocenters. The van der Waals surface area contributed by atoms with Crippen molar-refractivity contribution in [3.63, 3.8) is 0 Å². The molecule has 1 aromatic carbocycles. The number of hydrogen-bond acceptors (Lipinski definition) is 3. The van der Waals surface area contributed by atoms with Gasteiger partial charge >= 0.3 is 6.03 Å². The first-order chi connectivity index (χ1) is 12.5. The first-order valence-electron chi connectivity index (χ1n) is 8.05. The predicted molar refractivity (Wildman–Crippen MR) is 96.9 cm³/mol. The van der Waals surface area contributed by atoms with Gasteiger partial charge in [-0.05, 0) is 31.2 Å². The van der Waals surface area contributed by atoms with Crippen LogP contribution in [-0.4, -0.2) is 28.1 Å². The molecule has 1 atom stereocenters. The van der Waals surface area contributed by atoms with Crippen LogP contribution in [0.15, 0.2) is 48.8 Å². The van der Waals surface area contributed by atoms with Crippen molar-refractivity contribution in [3.8, 4) is 5.75 Å². The molecule has 0 saturated carbocycles. The molecule has 0 saturated heterocycles. The van der Waals surface area contributed by atoms with Crippen LogP contribution in [0.5, 0.6) is 5.75 Å². The summed E-state index contributed by atoms with van der Waals surface area (Å²) in [5.74, 6) is 0.0528. The van der Waals surface area contributed by atoms with Crippen molar-refractivity contribution in [1.82, 2.24) is 20.0 Å². The van der Waals surface area contributed by atoms with Crippen LogP contribution in [0, 0.1) is 5.82 Å². The Kier molecular flexibility index (Phi) is 5.58. The number of rotatable bonds is 6. The summed E-state index contributed by atoms with van der Waals surface area (Å²) >= 11 is 5.93.